The molecule has 0 spiro atoms. The smallest absolute Gasteiger partial charge is 0.193 e. The maximum Gasteiger partial charge on any atom is 0.193 e. The van der Waals surface area contributed by atoms with Crippen molar-refractivity contribution in [1.29, 1.82) is 5.41 Å². The highest BCUT2D eigenvalue weighted by atomic mass is 35.5. The molecule has 124 valence electrons. The summed E-state index contributed by atoms with van der Waals surface area (Å²) in [6.45, 7) is 6.86. The van der Waals surface area contributed by atoms with Crippen LogP contribution in [0, 0.1) is 17.3 Å². The summed E-state index contributed by atoms with van der Waals surface area (Å²) in [5.74, 6) is 6.09. The number of hydrogen-bond donors (Lipinski definition) is 2. The zero-order valence-electron chi connectivity index (χ0n) is 14.2. The van der Waals surface area contributed by atoms with Gasteiger partial charge >= 0.3 is 0 Å². The average molecular weight is 340 g/mol. The molecule has 0 saturated heterocycles. The Morgan fingerprint density at radius 1 is 1.08 bits per heavy atom. The standard InChI is InChI=1S/C20H22ClN3/c1-20(2,3)16-8-12-18(13-9-16)24(19(22)23)14-4-5-15-6-10-17(21)11-7-15/h6-13H,14H2,1-3H3,(H3,22,23). The van der Waals surface area contributed by atoms with E-state index in [-0.39, 0.29) is 11.4 Å². The SMILES string of the molecule is CC(C)(C)c1ccc(N(CC#Cc2ccc(Cl)cc2)C(=N)N)cc1. The quantitative estimate of drug-likeness (QED) is 0.484. The van der Waals surface area contributed by atoms with Crippen LogP contribution in [0.5, 0.6) is 0 Å². The van der Waals surface area contributed by atoms with E-state index in [0.29, 0.717) is 11.6 Å². The van der Waals surface area contributed by atoms with Crippen LogP contribution >= 0.6 is 11.6 Å². The number of hydrogen-bond acceptors (Lipinski definition) is 1. The predicted octanol–water partition coefficient (Wildman–Crippen LogP) is 4.39. The third kappa shape index (κ3) is 4.78. The van der Waals surface area contributed by atoms with Gasteiger partial charge < -0.3 is 10.6 Å². The lowest BCUT2D eigenvalue weighted by atomic mass is 9.87. The van der Waals surface area contributed by atoms with E-state index in [1.807, 2.05) is 24.3 Å². The lowest BCUT2D eigenvalue weighted by molar-refractivity contribution is 0.590. The molecular formula is C20H22ClN3. The summed E-state index contributed by atoms with van der Waals surface area (Å²) in [5, 5.41) is 8.48. The second-order valence-corrected chi connectivity index (χ2v) is 7.01. The van der Waals surface area contributed by atoms with Crippen LogP contribution in [-0.4, -0.2) is 12.5 Å². The summed E-state index contributed by atoms with van der Waals surface area (Å²) in [4.78, 5) is 1.68. The molecule has 0 aliphatic heterocycles. The Morgan fingerprint density at radius 3 is 2.17 bits per heavy atom. The van der Waals surface area contributed by atoms with Gasteiger partial charge in [-0.2, -0.15) is 0 Å². The molecule has 3 nitrogen and oxygen atoms in total. The first-order valence-corrected chi connectivity index (χ1v) is 8.12. The topological polar surface area (TPSA) is 53.1 Å². The third-order valence-corrected chi connectivity index (χ3v) is 3.90. The molecule has 24 heavy (non-hydrogen) atoms. The minimum Gasteiger partial charge on any atom is -0.370 e. The van der Waals surface area contributed by atoms with Crippen LogP contribution in [0.2, 0.25) is 5.02 Å². The Bertz CT molecular complexity index is 760. The zero-order valence-corrected chi connectivity index (χ0v) is 15.0. The van der Waals surface area contributed by atoms with E-state index in [9.17, 15) is 0 Å². The van der Waals surface area contributed by atoms with Gasteiger partial charge in [-0.05, 0) is 47.4 Å². The minimum atomic E-state index is -0.0242. The molecule has 0 amide bonds. The van der Waals surface area contributed by atoms with Crippen molar-refractivity contribution in [2.24, 2.45) is 5.73 Å². The molecule has 2 rings (SSSR count). The number of rotatable bonds is 2. The number of anilines is 1. The van der Waals surface area contributed by atoms with Gasteiger partial charge in [0.1, 0.15) is 0 Å². The molecule has 0 aliphatic carbocycles. The summed E-state index contributed by atoms with van der Waals surface area (Å²) in [6, 6.07) is 15.4. The number of guanidine groups is 1. The second kappa shape index (κ2) is 7.42. The van der Waals surface area contributed by atoms with E-state index in [2.05, 4.69) is 44.7 Å². The zero-order chi connectivity index (χ0) is 17.7. The number of nitrogens with zero attached hydrogens (tertiary/aromatic N) is 1. The first-order chi connectivity index (χ1) is 11.3. The Kier molecular flexibility index (Phi) is 5.54. The normalized spacial score (nSPS) is 10.7. The predicted molar refractivity (Wildman–Crippen MR) is 103 cm³/mol. The molecule has 4 heteroatoms. The highest BCUT2D eigenvalue weighted by Crippen LogP contribution is 2.24. The van der Waals surface area contributed by atoms with Gasteiger partial charge in [-0.15, -0.1) is 0 Å². The molecule has 0 atom stereocenters. The average Bonchev–Trinajstić information content (AvgIpc) is 2.52. The molecule has 0 aliphatic rings. The van der Waals surface area contributed by atoms with Crippen molar-refractivity contribution in [3.8, 4) is 11.8 Å². The highest BCUT2D eigenvalue weighted by Gasteiger charge is 2.14. The summed E-state index contributed by atoms with van der Waals surface area (Å²) in [7, 11) is 0. The maximum atomic E-state index is 7.80. The van der Waals surface area contributed by atoms with Gasteiger partial charge in [-0.25, -0.2) is 0 Å². The second-order valence-electron chi connectivity index (χ2n) is 6.58. The van der Waals surface area contributed by atoms with Crippen molar-refractivity contribution in [2.45, 2.75) is 26.2 Å². The van der Waals surface area contributed by atoms with Gasteiger partial charge in [0.15, 0.2) is 5.96 Å². The Balaban J connectivity index is 2.16. The number of nitrogens with two attached hydrogens (primary N) is 1. The van der Waals surface area contributed by atoms with Crippen molar-refractivity contribution in [2.75, 3.05) is 11.4 Å². The van der Waals surface area contributed by atoms with E-state index < -0.39 is 0 Å². The Labute approximate surface area is 148 Å². The maximum absolute atomic E-state index is 7.80. The number of benzene rings is 2. The molecule has 2 aromatic rings. The van der Waals surface area contributed by atoms with Crippen LogP contribution < -0.4 is 10.6 Å². The molecule has 0 bridgehead atoms. The molecular weight excluding hydrogens is 318 g/mol. The van der Waals surface area contributed by atoms with Crippen molar-refractivity contribution in [1.82, 2.24) is 0 Å². The van der Waals surface area contributed by atoms with Crippen molar-refractivity contribution in [3.05, 3.63) is 64.7 Å². The van der Waals surface area contributed by atoms with Crippen LogP contribution in [0.1, 0.15) is 31.9 Å². The Morgan fingerprint density at radius 2 is 1.67 bits per heavy atom. The largest absolute Gasteiger partial charge is 0.370 e. The molecule has 0 radical (unpaired) electrons. The summed E-state index contributed by atoms with van der Waals surface area (Å²) in [5.41, 5.74) is 8.79. The first-order valence-electron chi connectivity index (χ1n) is 7.74. The first kappa shape index (κ1) is 17.9. The van der Waals surface area contributed by atoms with Gasteiger partial charge in [0.25, 0.3) is 0 Å². The summed E-state index contributed by atoms with van der Waals surface area (Å²) < 4.78 is 0. The highest BCUT2D eigenvalue weighted by molar-refractivity contribution is 6.30. The van der Waals surface area contributed by atoms with Crippen LogP contribution in [0.3, 0.4) is 0 Å². The fourth-order valence-corrected chi connectivity index (χ4v) is 2.34. The lowest BCUT2D eigenvalue weighted by Crippen LogP contribution is -2.36. The van der Waals surface area contributed by atoms with E-state index in [1.54, 1.807) is 17.0 Å². The van der Waals surface area contributed by atoms with E-state index >= 15 is 0 Å². The van der Waals surface area contributed by atoms with E-state index in [1.165, 1.54) is 5.56 Å². The monoisotopic (exact) mass is 339 g/mol. The molecule has 0 saturated carbocycles. The third-order valence-electron chi connectivity index (χ3n) is 3.65. The van der Waals surface area contributed by atoms with Gasteiger partial charge in [-0.3, -0.25) is 5.41 Å². The lowest BCUT2D eigenvalue weighted by Gasteiger charge is -2.23. The summed E-state index contributed by atoms with van der Waals surface area (Å²) >= 11 is 5.86. The molecule has 2 aromatic carbocycles. The van der Waals surface area contributed by atoms with Crippen LogP contribution in [0.4, 0.5) is 5.69 Å². The molecule has 0 heterocycles. The van der Waals surface area contributed by atoms with Crippen molar-refractivity contribution < 1.29 is 0 Å². The minimum absolute atomic E-state index is 0.0242. The van der Waals surface area contributed by atoms with Gasteiger partial charge in [0.2, 0.25) is 0 Å². The number of halogens is 1. The van der Waals surface area contributed by atoms with Crippen molar-refractivity contribution in [3.63, 3.8) is 0 Å². The van der Waals surface area contributed by atoms with Crippen molar-refractivity contribution >= 4 is 23.2 Å². The summed E-state index contributed by atoms with van der Waals surface area (Å²) in [6.07, 6.45) is 0. The van der Waals surface area contributed by atoms with Crippen LogP contribution in [0.25, 0.3) is 0 Å². The fourth-order valence-electron chi connectivity index (χ4n) is 2.21. The van der Waals surface area contributed by atoms with Gasteiger partial charge in [-0.1, -0.05) is 56.3 Å². The van der Waals surface area contributed by atoms with E-state index in [0.717, 1.165) is 11.3 Å². The Hall–Kier alpha value is -2.44. The molecule has 0 unspecified atom stereocenters. The molecule has 3 N–H and O–H groups in total. The number of nitrogens with one attached hydrogen (secondary N) is 1. The molecule has 0 aromatic heterocycles. The fraction of sp³-hybridized carbons (Fsp3) is 0.250. The van der Waals surface area contributed by atoms with E-state index in [4.69, 9.17) is 22.7 Å². The van der Waals surface area contributed by atoms with Crippen LogP contribution in [0.15, 0.2) is 48.5 Å². The van der Waals surface area contributed by atoms with Crippen LogP contribution in [-0.2, 0) is 5.41 Å². The van der Waals surface area contributed by atoms with Gasteiger partial charge in [0.05, 0.1) is 6.54 Å². The molecule has 0 fully saturated rings. The van der Waals surface area contributed by atoms with Gasteiger partial charge in [0, 0.05) is 16.3 Å².